The molecule has 2 N–H and O–H groups in total. The van der Waals surface area contributed by atoms with Crippen LogP contribution in [0.4, 0.5) is 0 Å². The van der Waals surface area contributed by atoms with Crippen LogP contribution in [-0.2, 0) is 4.79 Å². The molecule has 13 heavy (non-hydrogen) atoms. The number of hydrogen-bond donors (Lipinski definition) is 2. The lowest BCUT2D eigenvalue weighted by molar-refractivity contribution is -0.131. The molecule has 2 heterocycles. The number of hydrogen-bond acceptors (Lipinski definition) is 3. The molecule has 2 saturated heterocycles. The monoisotopic (exact) mass is 185 g/mol. The Morgan fingerprint density at radius 1 is 1.62 bits per heavy atom. The molecule has 4 nitrogen and oxygen atoms in total. The van der Waals surface area contributed by atoms with Crippen LogP contribution in [0.2, 0.25) is 0 Å². The molecular formula is C9H15NO3. The third-order valence-corrected chi connectivity index (χ3v) is 3.18. The zero-order valence-corrected chi connectivity index (χ0v) is 7.79. The van der Waals surface area contributed by atoms with Crippen molar-refractivity contribution in [2.75, 3.05) is 13.2 Å². The molecule has 1 amide bonds. The van der Waals surface area contributed by atoms with E-state index in [0.29, 0.717) is 25.8 Å². The van der Waals surface area contributed by atoms with Crippen LogP contribution in [-0.4, -0.2) is 45.3 Å². The SMILES string of the molecule is CC1(O)CN2C(=O)CC[C@@]2(CO)C1. The second-order valence-corrected chi connectivity index (χ2v) is 4.54. The predicted octanol–water partition coefficient (Wildman–Crippen LogP) is -0.505. The summed E-state index contributed by atoms with van der Waals surface area (Å²) in [7, 11) is 0. The number of aliphatic hydroxyl groups is 2. The average Bonchev–Trinajstić information content (AvgIpc) is 2.47. The molecule has 0 bridgehead atoms. The number of amides is 1. The fourth-order valence-electron chi connectivity index (χ4n) is 2.64. The lowest BCUT2D eigenvalue weighted by Crippen LogP contribution is -2.43. The molecule has 0 spiro atoms. The number of nitrogens with zero attached hydrogens (tertiary/aromatic N) is 1. The average molecular weight is 185 g/mol. The molecule has 0 aromatic carbocycles. The molecule has 4 heteroatoms. The Labute approximate surface area is 77.2 Å². The Morgan fingerprint density at radius 2 is 2.31 bits per heavy atom. The molecule has 2 aliphatic heterocycles. The van der Waals surface area contributed by atoms with Gasteiger partial charge in [-0.3, -0.25) is 4.79 Å². The van der Waals surface area contributed by atoms with E-state index in [4.69, 9.17) is 0 Å². The summed E-state index contributed by atoms with van der Waals surface area (Å²) in [6.45, 7) is 2.05. The summed E-state index contributed by atoms with van der Waals surface area (Å²) in [5.41, 5.74) is -1.28. The Morgan fingerprint density at radius 3 is 2.85 bits per heavy atom. The van der Waals surface area contributed by atoms with Gasteiger partial charge in [0.2, 0.25) is 5.91 Å². The van der Waals surface area contributed by atoms with Crippen LogP contribution in [0.5, 0.6) is 0 Å². The molecule has 2 atom stereocenters. The lowest BCUT2D eigenvalue weighted by atomic mass is 9.89. The zero-order chi connectivity index (χ0) is 9.69. The van der Waals surface area contributed by atoms with Crippen molar-refractivity contribution in [3.63, 3.8) is 0 Å². The fraction of sp³-hybridized carbons (Fsp3) is 0.889. The normalized spacial score (nSPS) is 44.2. The molecule has 2 rings (SSSR count). The van der Waals surface area contributed by atoms with Gasteiger partial charge in [0.1, 0.15) is 0 Å². The van der Waals surface area contributed by atoms with E-state index in [-0.39, 0.29) is 12.5 Å². The van der Waals surface area contributed by atoms with Crippen LogP contribution in [0.25, 0.3) is 0 Å². The number of rotatable bonds is 1. The van der Waals surface area contributed by atoms with Gasteiger partial charge < -0.3 is 15.1 Å². The summed E-state index contributed by atoms with van der Waals surface area (Å²) < 4.78 is 0. The third kappa shape index (κ3) is 1.16. The van der Waals surface area contributed by atoms with Gasteiger partial charge in [-0.05, 0) is 13.3 Å². The number of fused-ring (bicyclic) bond motifs is 1. The van der Waals surface area contributed by atoms with Crippen LogP contribution in [0.1, 0.15) is 26.2 Å². The Hall–Kier alpha value is -0.610. The molecular weight excluding hydrogens is 170 g/mol. The first kappa shape index (κ1) is 8.97. The second kappa shape index (κ2) is 2.45. The summed E-state index contributed by atoms with van der Waals surface area (Å²) >= 11 is 0. The lowest BCUT2D eigenvalue weighted by Gasteiger charge is -2.28. The maximum absolute atomic E-state index is 11.4. The van der Waals surface area contributed by atoms with Crippen LogP contribution < -0.4 is 0 Å². The first-order valence-corrected chi connectivity index (χ1v) is 4.63. The van der Waals surface area contributed by atoms with Crippen molar-refractivity contribution in [2.45, 2.75) is 37.3 Å². The van der Waals surface area contributed by atoms with E-state index in [1.54, 1.807) is 11.8 Å². The Kier molecular flexibility index (Phi) is 1.69. The van der Waals surface area contributed by atoms with Gasteiger partial charge in [0.15, 0.2) is 0 Å². The van der Waals surface area contributed by atoms with Crippen LogP contribution >= 0.6 is 0 Å². The van der Waals surface area contributed by atoms with Crippen molar-refractivity contribution in [2.24, 2.45) is 0 Å². The Balaban J connectivity index is 2.29. The van der Waals surface area contributed by atoms with E-state index in [2.05, 4.69) is 0 Å². The van der Waals surface area contributed by atoms with E-state index in [1.807, 2.05) is 0 Å². The zero-order valence-electron chi connectivity index (χ0n) is 7.79. The maximum atomic E-state index is 11.4. The van der Waals surface area contributed by atoms with Gasteiger partial charge in [0.25, 0.3) is 0 Å². The van der Waals surface area contributed by atoms with Gasteiger partial charge >= 0.3 is 0 Å². The highest BCUT2D eigenvalue weighted by Gasteiger charge is 2.55. The van der Waals surface area contributed by atoms with Crippen LogP contribution in [0.15, 0.2) is 0 Å². The molecule has 0 aromatic heterocycles. The van der Waals surface area contributed by atoms with E-state index in [9.17, 15) is 15.0 Å². The summed E-state index contributed by atoms with van der Waals surface area (Å²) in [6.07, 6.45) is 1.69. The molecule has 0 aliphatic carbocycles. The van der Waals surface area contributed by atoms with E-state index in [1.165, 1.54) is 0 Å². The van der Waals surface area contributed by atoms with Gasteiger partial charge in [0, 0.05) is 19.4 Å². The van der Waals surface area contributed by atoms with Gasteiger partial charge in [-0.25, -0.2) is 0 Å². The van der Waals surface area contributed by atoms with Crippen molar-refractivity contribution in [3.05, 3.63) is 0 Å². The minimum atomic E-state index is -0.821. The molecule has 0 radical (unpaired) electrons. The van der Waals surface area contributed by atoms with Crippen molar-refractivity contribution in [1.82, 2.24) is 4.90 Å². The Bertz CT molecular complexity index is 251. The minimum Gasteiger partial charge on any atom is -0.394 e. The number of β-amino-alcohol motifs (C(OH)–C–C–N with tert-alkyl or cyclic N) is 1. The summed E-state index contributed by atoms with van der Waals surface area (Å²) in [6, 6.07) is 0. The number of carbonyl (C=O) groups is 1. The molecule has 2 aliphatic rings. The molecule has 0 aromatic rings. The van der Waals surface area contributed by atoms with Gasteiger partial charge in [-0.2, -0.15) is 0 Å². The number of carbonyl (C=O) groups excluding carboxylic acids is 1. The smallest absolute Gasteiger partial charge is 0.223 e. The van der Waals surface area contributed by atoms with E-state index in [0.717, 1.165) is 0 Å². The first-order chi connectivity index (χ1) is 5.99. The van der Waals surface area contributed by atoms with Crippen LogP contribution in [0, 0.1) is 0 Å². The summed E-state index contributed by atoms with van der Waals surface area (Å²) in [5, 5.41) is 19.1. The van der Waals surface area contributed by atoms with Gasteiger partial charge in [0.05, 0.1) is 17.7 Å². The van der Waals surface area contributed by atoms with Crippen molar-refractivity contribution in [1.29, 1.82) is 0 Å². The number of aliphatic hydroxyl groups excluding tert-OH is 1. The van der Waals surface area contributed by atoms with E-state index < -0.39 is 11.1 Å². The van der Waals surface area contributed by atoms with Crippen molar-refractivity contribution in [3.8, 4) is 0 Å². The predicted molar refractivity (Wildman–Crippen MR) is 46.0 cm³/mol. The minimum absolute atomic E-state index is 0.0328. The topological polar surface area (TPSA) is 60.8 Å². The fourth-order valence-corrected chi connectivity index (χ4v) is 2.64. The molecule has 2 fully saturated rings. The second-order valence-electron chi connectivity index (χ2n) is 4.54. The third-order valence-electron chi connectivity index (χ3n) is 3.18. The van der Waals surface area contributed by atoms with E-state index >= 15 is 0 Å². The first-order valence-electron chi connectivity index (χ1n) is 4.63. The molecule has 74 valence electrons. The highest BCUT2D eigenvalue weighted by atomic mass is 16.3. The summed E-state index contributed by atoms with van der Waals surface area (Å²) in [5.74, 6) is 0.0619. The molecule has 0 saturated carbocycles. The highest BCUT2D eigenvalue weighted by molar-refractivity contribution is 5.80. The quantitative estimate of drug-likeness (QED) is 0.578. The highest BCUT2D eigenvalue weighted by Crippen LogP contribution is 2.43. The molecule has 1 unspecified atom stereocenters. The van der Waals surface area contributed by atoms with Gasteiger partial charge in [-0.1, -0.05) is 0 Å². The van der Waals surface area contributed by atoms with Crippen LogP contribution in [0.3, 0.4) is 0 Å². The maximum Gasteiger partial charge on any atom is 0.223 e. The van der Waals surface area contributed by atoms with Crippen molar-refractivity contribution >= 4 is 5.91 Å². The van der Waals surface area contributed by atoms with Gasteiger partial charge in [-0.15, -0.1) is 0 Å². The largest absolute Gasteiger partial charge is 0.394 e. The van der Waals surface area contributed by atoms with Crippen molar-refractivity contribution < 1.29 is 15.0 Å². The summed E-state index contributed by atoms with van der Waals surface area (Å²) in [4.78, 5) is 13.1. The standard InChI is InChI=1S/C9H15NO3/c1-8(13)4-9(6-11)3-2-7(12)10(9)5-8/h11,13H,2-6H2,1H3/t8?,9-/m0/s1.